The van der Waals surface area contributed by atoms with Gasteiger partial charge in [-0.15, -0.1) is 0 Å². The smallest absolute Gasteiger partial charge is 0.311 e. The number of esters is 1. The monoisotopic (exact) mass is 373 g/mol. The molecule has 1 aromatic heterocycles. The molecule has 0 fully saturated rings. The van der Waals surface area contributed by atoms with Crippen molar-refractivity contribution < 1.29 is 14.3 Å². The van der Waals surface area contributed by atoms with Crippen molar-refractivity contribution in [2.45, 2.75) is 39.5 Å². The quantitative estimate of drug-likeness (QED) is 0.416. The number of hydrogen-bond donors (Lipinski definition) is 1. The third kappa shape index (κ3) is 5.09. The molecule has 0 amide bonds. The van der Waals surface area contributed by atoms with E-state index >= 15 is 0 Å². The number of nitrogens with one attached hydrogen (secondary N) is 1. The van der Waals surface area contributed by atoms with Crippen LogP contribution in [0.1, 0.15) is 44.4 Å². The van der Waals surface area contributed by atoms with E-state index in [0.717, 1.165) is 19.3 Å². The fourth-order valence-corrected chi connectivity index (χ4v) is 2.80. The molecule has 7 nitrogen and oxygen atoms in total. The Morgan fingerprint density at radius 2 is 1.89 bits per heavy atom. The second-order valence-electron chi connectivity index (χ2n) is 6.23. The van der Waals surface area contributed by atoms with Gasteiger partial charge in [0.1, 0.15) is 5.75 Å². The van der Waals surface area contributed by atoms with Gasteiger partial charge in [-0.05, 0) is 37.6 Å². The molecule has 0 aliphatic carbocycles. The Hall–Kier alpha value is -2.83. The van der Waals surface area contributed by atoms with Crippen molar-refractivity contribution in [3.05, 3.63) is 45.9 Å². The molecular formula is C20H27N3O4. The number of carbonyl (C=O) groups is 1. The Balaban J connectivity index is 2.44. The summed E-state index contributed by atoms with van der Waals surface area (Å²) >= 11 is 0. The van der Waals surface area contributed by atoms with Gasteiger partial charge in [-0.2, -0.15) is 0 Å². The number of aromatic nitrogens is 2. The van der Waals surface area contributed by atoms with E-state index in [1.165, 1.54) is 11.8 Å². The molecule has 1 N–H and O–H groups in total. The molecule has 1 aromatic carbocycles. The predicted octanol–water partition coefficient (Wildman–Crippen LogP) is 2.89. The van der Waals surface area contributed by atoms with E-state index in [2.05, 4.69) is 17.0 Å². The van der Waals surface area contributed by atoms with Crippen LogP contribution < -0.4 is 10.3 Å². The zero-order valence-electron chi connectivity index (χ0n) is 16.4. The molecule has 2 aromatic rings. The molecule has 0 bridgehead atoms. The van der Waals surface area contributed by atoms with Gasteiger partial charge in [-0.25, -0.2) is 4.68 Å². The highest BCUT2D eigenvalue weighted by Crippen LogP contribution is 2.15. The van der Waals surface area contributed by atoms with Gasteiger partial charge in [-0.1, -0.05) is 19.8 Å². The lowest BCUT2D eigenvalue weighted by Gasteiger charge is -2.03. The van der Waals surface area contributed by atoms with Crippen LogP contribution in [0.25, 0.3) is 5.69 Å². The van der Waals surface area contributed by atoms with Crippen LogP contribution in [0.4, 0.5) is 0 Å². The second kappa shape index (κ2) is 9.75. The van der Waals surface area contributed by atoms with Gasteiger partial charge < -0.3 is 9.47 Å². The van der Waals surface area contributed by atoms with Crippen molar-refractivity contribution in [3.8, 4) is 11.4 Å². The fourth-order valence-electron chi connectivity index (χ4n) is 2.80. The summed E-state index contributed by atoms with van der Waals surface area (Å²) in [5.41, 5.74) is 1.96. The summed E-state index contributed by atoms with van der Waals surface area (Å²) in [5.74, 6) is 0.278. The molecule has 0 saturated carbocycles. The SMILES string of the molecule is CCCCCN=C(C)c1c(CC(=O)OC)[nH]n(-c2ccc(OC)cc2)c1=O. The Kier molecular flexibility index (Phi) is 7.40. The number of carbonyl (C=O) groups excluding carboxylic acids is 1. The molecule has 1 heterocycles. The lowest BCUT2D eigenvalue weighted by molar-refractivity contribution is -0.139. The number of hydrogen-bond acceptors (Lipinski definition) is 5. The molecule has 0 radical (unpaired) electrons. The summed E-state index contributed by atoms with van der Waals surface area (Å²) in [6.07, 6.45) is 3.15. The van der Waals surface area contributed by atoms with Gasteiger partial charge in [0.2, 0.25) is 0 Å². The van der Waals surface area contributed by atoms with Crippen molar-refractivity contribution in [1.29, 1.82) is 0 Å². The average molecular weight is 373 g/mol. The summed E-state index contributed by atoms with van der Waals surface area (Å²) < 4.78 is 11.3. The Labute approximate surface area is 159 Å². The van der Waals surface area contributed by atoms with E-state index in [9.17, 15) is 9.59 Å². The lowest BCUT2D eigenvalue weighted by atomic mass is 10.1. The van der Waals surface area contributed by atoms with Crippen LogP contribution in [0.2, 0.25) is 0 Å². The van der Waals surface area contributed by atoms with Crippen molar-refractivity contribution in [2.24, 2.45) is 4.99 Å². The van der Waals surface area contributed by atoms with Gasteiger partial charge in [0.25, 0.3) is 5.56 Å². The standard InChI is InChI=1S/C20H27N3O4/c1-5-6-7-12-21-14(2)19-17(13-18(24)27-4)22-23(20(19)25)15-8-10-16(26-3)11-9-15/h8-11,22H,5-7,12-13H2,1-4H3. The molecule has 7 heteroatoms. The minimum atomic E-state index is -0.418. The van der Waals surface area contributed by atoms with Gasteiger partial charge in [0, 0.05) is 12.3 Å². The van der Waals surface area contributed by atoms with Crippen LogP contribution in [-0.2, 0) is 16.0 Å². The predicted molar refractivity (Wildman–Crippen MR) is 105 cm³/mol. The molecule has 146 valence electrons. The largest absolute Gasteiger partial charge is 0.497 e. The number of nitrogens with zero attached hydrogens (tertiary/aromatic N) is 2. The van der Waals surface area contributed by atoms with E-state index in [0.29, 0.717) is 35.0 Å². The molecular weight excluding hydrogens is 346 g/mol. The van der Waals surface area contributed by atoms with E-state index in [-0.39, 0.29) is 12.0 Å². The van der Waals surface area contributed by atoms with Crippen LogP contribution in [-0.4, -0.2) is 42.2 Å². The number of benzene rings is 1. The van der Waals surface area contributed by atoms with Crippen molar-refractivity contribution in [3.63, 3.8) is 0 Å². The van der Waals surface area contributed by atoms with E-state index in [4.69, 9.17) is 9.47 Å². The highest BCUT2D eigenvalue weighted by Gasteiger charge is 2.20. The number of unbranched alkanes of at least 4 members (excludes halogenated alkanes) is 2. The van der Waals surface area contributed by atoms with Crippen molar-refractivity contribution in [2.75, 3.05) is 20.8 Å². The van der Waals surface area contributed by atoms with Gasteiger partial charge in [-0.3, -0.25) is 19.7 Å². The van der Waals surface area contributed by atoms with Crippen LogP contribution in [0.5, 0.6) is 5.75 Å². The number of rotatable bonds is 9. The van der Waals surface area contributed by atoms with Crippen molar-refractivity contribution in [1.82, 2.24) is 9.78 Å². The third-order valence-electron chi connectivity index (χ3n) is 4.32. The first kappa shape index (κ1) is 20.5. The fraction of sp³-hybridized carbons (Fsp3) is 0.450. The summed E-state index contributed by atoms with van der Waals surface area (Å²) in [6.45, 7) is 4.59. The molecule has 0 aliphatic rings. The minimum Gasteiger partial charge on any atom is -0.497 e. The molecule has 27 heavy (non-hydrogen) atoms. The number of ether oxygens (including phenoxy) is 2. The first-order valence-electron chi connectivity index (χ1n) is 9.08. The summed E-state index contributed by atoms with van der Waals surface area (Å²) in [5, 5.41) is 3.03. The molecule has 0 atom stereocenters. The second-order valence-corrected chi connectivity index (χ2v) is 6.23. The normalized spacial score (nSPS) is 11.5. The average Bonchev–Trinajstić information content (AvgIpc) is 3.00. The highest BCUT2D eigenvalue weighted by atomic mass is 16.5. The zero-order chi connectivity index (χ0) is 19.8. The number of methoxy groups -OCH3 is 2. The maximum Gasteiger partial charge on any atom is 0.311 e. The first-order valence-corrected chi connectivity index (χ1v) is 9.08. The van der Waals surface area contributed by atoms with Crippen LogP contribution in [0, 0.1) is 0 Å². The number of aromatic amines is 1. The Morgan fingerprint density at radius 1 is 1.19 bits per heavy atom. The summed E-state index contributed by atoms with van der Waals surface area (Å²) in [6, 6.07) is 7.09. The maximum absolute atomic E-state index is 13.0. The van der Waals surface area contributed by atoms with E-state index in [1.54, 1.807) is 38.3 Å². The van der Waals surface area contributed by atoms with Gasteiger partial charge in [0.05, 0.1) is 37.6 Å². The number of H-pyrrole nitrogens is 1. The Morgan fingerprint density at radius 3 is 2.48 bits per heavy atom. The third-order valence-corrected chi connectivity index (χ3v) is 4.32. The van der Waals surface area contributed by atoms with Gasteiger partial charge in [0.15, 0.2) is 0 Å². The number of aliphatic imine (C=N–C) groups is 1. The topological polar surface area (TPSA) is 85.7 Å². The zero-order valence-corrected chi connectivity index (χ0v) is 16.4. The molecule has 0 spiro atoms. The lowest BCUT2D eigenvalue weighted by Crippen LogP contribution is -2.20. The minimum absolute atomic E-state index is 0.0218. The molecule has 2 rings (SSSR count). The van der Waals surface area contributed by atoms with Crippen LogP contribution in [0.15, 0.2) is 34.1 Å². The van der Waals surface area contributed by atoms with E-state index in [1.807, 2.05) is 0 Å². The van der Waals surface area contributed by atoms with Crippen LogP contribution in [0.3, 0.4) is 0 Å². The van der Waals surface area contributed by atoms with E-state index < -0.39 is 5.97 Å². The van der Waals surface area contributed by atoms with Crippen LogP contribution >= 0.6 is 0 Å². The molecule has 0 saturated heterocycles. The highest BCUT2D eigenvalue weighted by molar-refractivity contribution is 6.00. The van der Waals surface area contributed by atoms with Gasteiger partial charge >= 0.3 is 5.97 Å². The van der Waals surface area contributed by atoms with Crippen molar-refractivity contribution >= 4 is 11.7 Å². The summed E-state index contributed by atoms with van der Waals surface area (Å²) in [7, 11) is 2.91. The maximum atomic E-state index is 13.0. The first-order chi connectivity index (χ1) is 13.0. The molecule has 0 aliphatic heterocycles. The summed E-state index contributed by atoms with van der Waals surface area (Å²) in [4.78, 5) is 29.3. The molecule has 0 unspecified atom stereocenters. The Bertz CT molecular complexity index is 847.